The molecule has 0 unspecified atom stereocenters. The van der Waals surface area contributed by atoms with Gasteiger partial charge in [0.25, 0.3) is 0 Å². The second-order valence-electron chi connectivity index (χ2n) is 9.34. The summed E-state index contributed by atoms with van der Waals surface area (Å²) >= 11 is 0. The topological polar surface area (TPSA) is 66.5 Å². The number of rotatable bonds is 4. The second kappa shape index (κ2) is 8.38. The van der Waals surface area contributed by atoms with Crippen LogP contribution in [0.25, 0.3) is 0 Å². The van der Waals surface area contributed by atoms with E-state index >= 15 is 0 Å². The SMILES string of the molecule is C[C@@H]1[C@H](C)CCC[C@H]1NC(=O)C1CCN(S(=O)(=O)c2ccc3c(c2)CCC3)CC1. The quantitative estimate of drug-likeness (QED) is 0.814. The van der Waals surface area contributed by atoms with Gasteiger partial charge in [0.05, 0.1) is 4.90 Å². The zero-order chi connectivity index (χ0) is 20.6. The average molecular weight is 419 g/mol. The van der Waals surface area contributed by atoms with Crippen molar-refractivity contribution < 1.29 is 13.2 Å². The van der Waals surface area contributed by atoms with E-state index in [1.807, 2.05) is 12.1 Å². The number of nitrogens with zero attached hydrogens (tertiary/aromatic N) is 1. The van der Waals surface area contributed by atoms with Crippen LogP contribution in [-0.2, 0) is 27.7 Å². The predicted octanol–water partition coefficient (Wildman–Crippen LogP) is 3.52. The van der Waals surface area contributed by atoms with Gasteiger partial charge in [0, 0.05) is 25.0 Å². The highest BCUT2D eigenvalue weighted by Gasteiger charge is 2.35. The van der Waals surface area contributed by atoms with E-state index in [2.05, 4.69) is 19.2 Å². The van der Waals surface area contributed by atoms with E-state index in [0.717, 1.165) is 25.7 Å². The van der Waals surface area contributed by atoms with E-state index in [-0.39, 0.29) is 17.9 Å². The Bertz CT molecular complexity index is 859. The van der Waals surface area contributed by atoms with Gasteiger partial charge in [-0.2, -0.15) is 4.31 Å². The summed E-state index contributed by atoms with van der Waals surface area (Å²) in [6.07, 6.45) is 7.81. The lowest BCUT2D eigenvalue weighted by molar-refractivity contribution is -0.127. The largest absolute Gasteiger partial charge is 0.353 e. The Morgan fingerprint density at radius 3 is 2.48 bits per heavy atom. The molecule has 0 aromatic heterocycles. The summed E-state index contributed by atoms with van der Waals surface area (Å²) in [6, 6.07) is 5.85. The minimum absolute atomic E-state index is 0.0779. The third-order valence-corrected chi connectivity index (χ3v) is 9.46. The molecule has 2 fully saturated rings. The lowest BCUT2D eigenvalue weighted by Gasteiger charge is -2.36. The number of benzene rings is 1. The molecule has 1 amide bonds. The van der Waals surface area contributed by atoms with Gasteiger partial charge in [-0.15, -0.1) is 0 Å². The minimum atomic E-state index is -3.47. The molecule has 4 rings (SSSR count). The van der Waals surface area contributed by atoms with Crippen LogP contribution < -0.4 is 5.32 Å². The van der Waals surface area contributed by atoms with Crippen molar-refractivity contribution in [2.75, 3.05) is 13.1 Å². The highest BCUT2D eigenvalue weighted by atomic mass is 32.2. The van der Waals surface area contributed by atoms with Crippen molar-refractivity contribution in [1.29, 1.82) is 0 Å². The maximum Gasteiger partial charge on any atom is 0.243 e. The van der Waals surface area contributed by atoms with E-state index in [4.69, 9.17) is 0 Å². The third-order valence-electron chi connectivity index (χ3n) is 7.57. The van der Waals surface area contributed by atoms with Crippen LogP contribution in [0.1, 0.15) is 63.5 Å². The number of hydrogen-bond donors (Lipinski definition) is 1. The predicted molar refractivity (Wildman–Crippen MR) is 114 cm³/mol. The van der Waals surface area contributed by atoms with E-state index in [0.29, 0.717) is 42.7 Å². The normalized spacial score (nSPS) is 28.8. The molecular weight excluding hydrogens is 384 g/mol. The number of hydrogen-bond acceptors (Lipinski definition) is 3. The lowest BCUT2D eigenvalue weighted by Crippen LogP contribution is -2.48. The van der Waals surface area contributed by atoms with Gasteiger partial charge in [-0.1, -0.05) is 32.8 Å². The molecule has 1 saturated carbocycles. The number of carbonyl (C=O) groups is 1. The molecular formula is C23H34N2O3S. The molecule has 0 bridgehead atoms. The van der Waals surface area contributed by atoms with Gasteiger partial charge in [-0.25, -0.2) is 8.42 Å². The van der Waals surface area contributed by atoms with Gasteiger partial charge in [0.15, 0.2) is 0 Å². The Morgan fingerprint density at radius 2 is 1.72 bits per heavy atom. The molecule has 3 aliphatic rings. The van der Waals surface area contributed by atoms with Crippen LogP contribution in [-0.4, -0.2) is 37.8 Å². The first-order valence-corrected chi connectivity index (χ1v) is 12.7. The van der Waals surface area contributed by atoms with Crippen molar-refractivity contribution in [3.05, 3.63) is 29.3 Å². The number of nitrogens with one attached hydrogen (secondary N) is 1. The summed E-state index contributed by atoms with van der Waals surface area (Å²) in [6.45, 7) is 5.36. The maximum atomic E-state index is 13.1. The highest BCUT2D eigenvalue weighted by molar-refractivity contribution is 7.89. The summed E-state index contributed by atoms with van der Waals surface area (Å²) in [5.41, 5.74) is 2.46. The fourth-order valence-corrected chi connectivity index (χ4v) is 6.82. The molecule has 0 radical (unpaired) electrons. The molecule has 1 aromatic carbocycles. The summed E-state index contributed by atoms with van der Waals surface area (Å²) < 4.78 is 27.7. The third kappa shape index (κ3) is 4.24. The monoisotopic (exact) mass is 418 g/mol. The molecule has 5 nitrogen and oxygen atoms in total. The molecule has 1 heterocycles. The van der Waals surface area contributed by atoms with Gasteiger partial charge in [-0.05, 0) is 73.6 Å². The molecule has 1 N–H and O–H groups in total. The zero-order valence-electron chi connectivity index (χ0n) is 17.7. The molecule has 0 spiro atoms. The number of fused-ring (bicyclic) bond motifs is 1. The van der Waals surface area contributed by atoms with Crippen LogP contribution in [0.5, 0.6) is 0 Å². The molecule has 6 heteroatoms. The lowest BCUT2D eigenvalue weighted by atomic mass is 9.78. The van der Waals surface area contributed by atoms with Gasteiger partial charge < -0.3 is 5.32 Å². The van der Waals surface area contributed by atoms with Crippen molar-refractivity contribution in [3.8, 4) is 0 Å². The molecule has 3 atom stereocenters. The number of amides is 1. The Hall–Kier alpha value is -1.40. The van der Waals surface area contributed by atoms with Crippen molar-refractivity contribution >= 4 is 15.9 Å². The van der Waals surface area contributed by atoms with E-state index in [9.17, 15) is 13.2 Å². The zero-order valence-corrected chi connectivity index (χ0v) is 18.5. The Balaban J connectivity index is 1.35. The summed E-state index contributed by atoms with van der Waals surface area (Å²) in [5.74, 6) is 1.19. The molecule has 1 aliphatic heterocycles. The minimum Gasteiger partial charge on any atom is -0.353 e. The van der Waals surface area contributed by atoms with E-state index in [1.54, 1.807) is 10.4 Å². The van der Waals surface area contributed by atoms with Gasteiger partial charge in [-0.3, -0.25) is 4.79 Å². The van der Waals surface area contributed by atoms with Crippen molar-refractivity contribution in [2.45, 2.75) is 76.2 Å². The standard InChI is InChI=1S/C23H34N2O3S/c1-16-5-3-8-22(17(16)2)24-23(26)19-11-13-25(14-12-19)29(27,28)21-10-9-18-6-4-7-20(18)15-21/h9-10,15-17,19,22H,3-8,11-14H2,1-2H3,(H,24,26)/t16-,17-,22-/m1/s1. The number of sulfonamides is 1. The van der Waals surface area contributed by atoms with Crippen LogP contribution in [0.15, 0.2) is 23.1 Å². The van der Waals surface area contributed by atoms with Crippen LogP contribution in [0.2, 0.25) is 0 Å². The van der Waals surface area contributed by atoms with Crippen LogP contribution in [0.4, 0.5) is 0 Å². The Kier molecular flexibility index (Phi) is 6.03. The number of piperidine rings is 1. The van der Waals surface area contributed by atoms with Gasteiger partial charge >= 0.3 is 0 Å². The van der Waals surface area contributed by atoms with Crippen molar-refractivity contribution in [2.24, 2.45) is 17.8 Å². The summed E-state index contributed by atoms with van der Waals surface area (Å²) in [7, 11) is -3.47. The Morgan fingerprint density at radius 1 is 1.00 bits per heavy atom. The first-order chi connectivity index (χ1) is 13.9. The summed E-state index contributed by atoms with van der Waals surface area (Å²) in [5, 5.41) is 3.28. The average Bonchev–Trinajstić information content (AvgIpc) is 3.19. The van der Waals surface area contributed by atoms with Crippen LogP contribution in [0, 0.1) is 17.8 Å². The molecule has 2 aliphatic carbocycles. The van der Waals surface area contributed by atoms with Crippen molar-refractivity contribution in [1.82, 2.24) is 9.62 Å². The molecule has 29 heavy (non-hydrogen) atoms. The number of aryl methyl sites for hydroxylation is 2. The van der Waals surface area contributed by atoms with Crippen LogP contribution in [0.3, 0.4) is 0 Å². The van der Waals surface area contributed by atoms with Gasteiger partial charge in [0.1, 0.15) is 0 Å². The fraction of sp³-hybridized carbons (Fsp3) is 0.696. The second-order valence-corrected chi connectivity index (χ2v) is 11.3. The summed E-state index contributed by atoms with van der Waals surface area (Å²) in [4.78, 5) is 13.2. The van der Waals surface area contributed by atoms with E-state index < -0.39 is 10.0 Å². The van der Waals surface area contributed by atoms with Crippen LogP contribution >= 0.6 is 0 Å². The molecule has 160 valence electrons. The molecule has 1 aromatic rings. The maximum absolute atomic E-state index is 13.1. The smallest absolute Gasteiger partial charge is 0.243 e. The van der Waals surface area contributed by atoms with E-state index in [1.165, 1.54) is 24.0 Å². The number of carbonyl (C=O) groups excluding carboxylic acids is 1. The fourth-order valence-electron chi connectivity index (χ4n) is 5.30. The van der Waals surface area contributed by atoms with Gasteiger partial charge in [0.2, 0.25) is 15.9 Å². The Labute approximate surface area is 175 Å². The molecule has 1 saturated heterocycles. The highest BCUT2D eigenvalue weighted by Crippen LogP contribution is 2.31. The first kappa shape index (κ1) is 20.9. The first-order valence-electron chi connectivity index (χ1n) is 11.3. The van der Waals surface area contributed by atoms with Crippen molar-refractivity contribution in [3.63, 3.8) is 0 Å².